The van der Waals surface area contributed by atoms with Crippen LogP contribution in [0.3, 0.4) is 0 Å². The number of aromatic nitrogens is 4. The maximum absolute atomic E-state index is 13.2. The molecule has 2 aromatic carbocycles. The summed E-state index contributed by atoms with van der Waals surface area (Å²) < 4.78 is 3.62. The Kier molecular flexibility index (Phi) is 7.90. The van der Waals surface area contributed by atoms with Crippen molar-refractivity contribution in [3.05, 3.63) is 64.4 Å². The van der Waals surface area contributed by atoms with Crippen LogP contribution in [0.4, 0.5) is 5.69 Å². The first kappa shape index (κ1) is 25.0. The minimum Gasteiger partial charge on any atom is -0.325 e. The van der Waals surface area contributed by atoms with Gasteiger partial charge in [0.15, 0.2) is 5.16 Å². The fourth-order valence-electron chi connectivity index (χ4n) is 4.24. The molecule has 0 fully saturated rings. The van der Waals surface area contributed by atoms with Crippen molar-refractivity contribution in [3.63, 3.8) is 0 Å². The van der Waals surface area contributed by atoms with Gasteiger partial charge in [-0.3, -0.25) is 18.6 Å². The molecule has 0 aliphatic carbocycles. The van der Waals surface area contributed by atoms with Gasteiger partial charge in [-0.2, -0.15) is 0 Å². The quantitative estimate of drug-likeness (QED) is 0.222. The lowest BCUT2D eigenvalue weighted by Gasteiger charge is -2.17. The molecule has 0 radical (unpaired) electrons. The fourth-order valence-corrected chi connectivity index (χ4v) is 5.09. The number of para-hydroxylation sites is 2. The summed E-state index contributed by atoms with van der Waals surface area (Å²) in [5.41, 5.74) is 2.68. The largest absolute Gasteiger partial charge is 0.325 e. The normalized spacial score (nSPS) is 13.3. The summed E-state index contributed by atoms with van der Waals surface area (Å²) in [4.78, 5) is 26.4. The van der Waals surface area contributed by atoms with Gasteiger partial charge in [-0.05, 0) is 49.4 Å². The number of hydrogen-bond donors (Lipinski definition) is 1. The lowest BCUT2D eigenvalue weighted by atomic mass is 9.97. The zero-order chi connectivity index (χ0) is 24.9. The third kappa shape index (κ3) is 5.12. The highest BCUT2D eigenvalue weighted by molar-refractivity contribution is 8.00. The standard InChI is InChI=1S/C27H33N5O2S/c1-5-7-12-17-31-25(34)21-14-9-11-16-23(21)32-26(31)29-30-27(32)35-19(4)24(33)28-22-15-10-8-13-20(22)18(3)6-2/h8-11,13-16,18-19H,5-7,12,17H2,1-4H3,(H,28,33). The topological polar surface area (TPSA) is 81.3 Å². The van der Waals surface area contributed by atoms with Gasteiger partial charge in [0.25, 0.3) is 5.56 Å². The van der Waals surface area contributed by atoms with Crippen LogP contribution in [0.15, 0.2) is 58.5 Å². The number of aryl methyl sites for hydroxylation is 1. The van der Waals surface area contributed by atoms with Crippen molar-refractivity contribution < 1.29 is 4.79 Å². The average Bonchev–Trinajstić information content (AvgIpc) is 3.29. The van der Waals surface area contributed by atoms with Crippen LogP contribution in [0.25, 0.3) is 16.7 Å². The van der Waals surface area contributed by atoms with E-state index < -0.39 is 5.25 Å². The molecule has 4 aromatic rings. The summed E-state index contributed by atoms with van der Waals surface area (Å²) in [5.74, 6) is 0.774. The number of thioether (sulfide) groups is 1. The van der Waals surface area contributed by atoms with Crippen molar-refractivity contribution in [1.82, 2.24) is 19.2 Å². The molecule has 1 N–H and O–H groups in total. The van der Waals surface area contributed by atoms with Crippen LogP contribution in [0, 0.1) is 0 Å². The van der Waals surface area contributed by atoms with Crippen LogP contribution in [-0.4, -0.2) is 30.3 Å². The highest BCUT2D eigenvalue weighted by atomic mass is 32.2. The van der Waals surface area contributed by atoms with Crippen molar-refractivity contribution in [3.8, 4) is 0 Å². The number of anilines is 1. The van der Waals surface area contributed by atoms with E-state index in [2.05, 4.69) is 42.4 Å². The van der Waals surface area contributed by atoms with E-state index >= 15 is 0 Å². The number of hydrogen-bond acceptors (Lipinski definition) is 5. The van der Waals surface area contributed by atoms with Crippen LogP contribution in [0.5, 0.6) is 0 Å². The number of nitrogens with zero attached hydrogens (tertiary/aromatic N) is 4. The highest BCUT2D eigenvalue weighted by Crippen LogP contribution is 2.29. The number of benzene rings is 2. The van der Waals surface area contributed by atoms with Gasteiger partial charge in [0.2, 0.25) is 11.7 Å². The fraction of sp³-hybridized carbons (Fsp3) is 0.407. The van der Waals surface area contributed by atoms with Gasteiger partial charge in [0.05, 0.1) is 16.2 Å². The third-order valence-electron chi connectivity index (χ3n) is 6.48. The van der Waals surface area contributed by atoms with Crippen molar-refractivity contribution in [2.45, 2.75) is 76.2 Å². The first-order valence-electron chi connectivity index (χ1n) is 12.4. The summed E-state index contributed by atoms with van der Waals surface area (Å²) in [5, 5.41) is 12.7. The summed E-state index contributed by atoms with van der Waals surface area (Å²) in [6.07, 6.45) is 4.00. The van der Waals surface area contributed by atoms with E-state index in [0.717, 1.165) is 42.5 Å². The molecule has 2 unspecified atom stereocenters. The Hall–Kier alpha value is -3.13. The molecule has 2 heterocycles. The SMILES string of the molecule is CCCCCn1c(=O)c2ccccc2n2c(SC(C)C(=O)Nc3ccccc3C(C)CC)nnc12. The first-order valence-corrected chi connectivity index (χ1v) is 13.3. The lowest BCUT2D eigenvalue weighted by molar-refractivity contribution is -0.115. The minimum absolute atomic E-state index is 0.0550. The molecule has 0 bridgehead atoms. The van der Waals surface area contributed by atoms with E-state index in [0.29, 0.717) is 28.8 Å². The van der Waals surface area contributed by atoms with Gasteiger partial charge in [-0.25, -0.2) is 0 Å². The van der Waals surface area contributed by atoms with Crippen LogP contribution >= 0.6 is 11.8 Å². The van der Waals surface area contributed by atoms with Crippen molar-refractivity contribution in [2.75, 3.05) is 5.32 Å². The molecule has 8 heteroatoms. The Morgan fingerprint density at radius 1 is 1.03 bits per heavy atom. The van der Waals surface area contributed by atoms with E-state index in [-0.39, 0.29) is 11.5 Å². The molecule has 0 spiro atoms. The maximum Gasteiger partial charge on any atom is 0.262 e. The summed E-state index contributed by atoms with van der Waals surface area (Å²) >= 11 is 1.35. The Balaban J connectivity index is 1.66. The van der Waals surface area contributed by atoms with Gasteiger partial charge in [-0.15, -0.1) is 10.2 Å². The Morgan fingerprint density at radius 2 is 1.77 bits per heavy atom. The van der Waals surface area contributed by atoms with Gasteiger partial charge >= 0.3 is 0 Å². The Bertz CT molecular complexity index is 1390. The van der Waals surface area contributed by atoms with E-state index in [4.69, 9.17) is 0 Å². The predicted octanol–water partition coefficient (Wildman–Crippen LogP) is 5.87. The first-order chi connectivity index (χ1) is 17.0. The summed E-state index contributed by atoms with van der Waals surface area (Å²) in [6.45, 7) is 8.90. The molecular formula is C27H33N5O2S. The molecular weight excluding hydrogens is 458 g/mol. The number of carbonyl (C=O) groups is 1. The second-order valence-corrected chi connectivity index (χ2v) is 10.3. The monoisotopic (exact) mass is 491 g/mol. The number of carbonyl (C=O) groups excluding carboxylic acids is 1. The molecule has 184 valence electrons. The van der Waals surface area contributed by atoms with Crippen molar-refractivity contribution in [2.24, 2.45) is 0 Å². The van der Waals surface area contributed by atoms with E-state index in [9.17, 15) is 9.59 Å². The average molecular weight is 492 g/mol. The zero-order valence-electron chi connectivity index (χ0n) is 20.8. The zero-order valence-corrected chi connectivity index (χ0v) is 21.6. The van der Waals surface area contributed by atoms with E-state index in [1.165, 1.54) is 11.8 Å². The van der Waals surface area contributed by atoms with Crippen molar-refractivity contribution >= 4 is 40.0 Å². The minimum atomic E-state index is -0.411. The Morgan fingerprint density at radius 3 is 2.54 bits per heavy atom. The molecule has 0 saturated carbocycles. The molecule has 4 rings (SSSR count). The van der Waals surface area contributed by atoms with Gasteiger partial charge in [-0.1, -0.05) is 75.7 Å². The number of nitrogens with one attached hydrogen (secondary N) is 1. The van der Waals surface area contributed by atoms with Gasteiger partial charge in [0, 0.05) is 12.2 Å². The number of fused-ring (bicyclic) bond motifs is 3. The third-order valence-corrected chi connectivity index (χ3v) is 7.52. The van der Waals surface area contributed by atoms with Crippen LogP contribution in [0.2, 0.25) is 0 Å². The van der Waals surface area contributed by atoms with Crippen LogP contribution in [-0.2, 0) is 11.3 Å². The molecule has 1 amide bonds. The predicted molar refractivity (Wildman–Crippen MR) is 143 cm³/mol. The molecule has 35 heavy (non-hydrogen) atoms. The second kappa shape index (κ2) is 11.1. The maximum atomic E-state index is 13.2. The summed E-state index contributed by atoms with van der Waals surface area (Å²) in [6, 6.07) is 15.5. The van der Waals surface area contributed by atoms with E-state index in [1.807, 2.05) is 53.8 Å². The molecule has 2 atom stereocenters. The smallest absolute Gasteiger partial charge is 0.262 e. The van der Waals surface area contributed by atoms with Crippen LogP contribution < -0.4 is 10.9 Å². The Labute approximate surface area is 210 Å². The molecule has 2 aromatic heterocycles. The molecule has 0 aliphatic heterocycles. The summed E-state index contributed by atoms with van der Waals surface area (Å²) in [7, 11) is 0. The second-order valence-electron chi connectivity index (χ2n) is 8.94. The molecule has 7 nitrogen and oxygen atoms in total. The van der Waals surface area contributed by atoms with Crippen molar-refractivity contribution in [1.29, 1.82) is 0 Å². The number of unbranched alkanes of at least 4 members (excludes halogenated alkanes) is 2. The highest BCUT2D eigenvalue weighted by Gasteiger charge is 2.22. The van der Waals surface area contributed by atoms with Gasteiger partial charge < -0.3 is 5.32 Å². The van der Waals surface area contributed by atoms with Crippen LogP contribution in [0.1, 0.15) is 64.9 Å². The number of amides is 1. The molecule has 0 aliphatic rings. The van der Waals surface area contributed by atoms with E-state index in [1.54, 1.807) is 4.57 Å². The molecule has 0 saturated heterocycles. The lowest BCUT2D eigenvalue weighted by Crippen LogP contribution is -2.24. The van der Waals surface area contributed by atoms with Gasteiger partial charge in [0.1, 0.15) is 0 Å². The number of rotatable bonds is 10.